The summed E-state index contributed by atoms with van der Waals surface area (Å²) < 4.78 is 51.7. The number of aromatic hydroxyl groups is 1. The van der Waals surface area contributed by atoms with E-state index in [1.165, 1.54) is 16.1 Å². The number of halogens is 2. The van der Waals surface area contributed by atoms with Gasteiger partial charge in [-0.2, -0.15) is 4.31 Å². The smallest absolute Gasteiger partial charge is 0.258 e. The van der Waals surface area contributed by atoms with Crippen molar-refractivity contribution in [3.63, 3.8) is 0 Å². The Morgan fingerprint density at radius 1 is 1.35 bits per heavy atom. The molecule has 1 aliphatic rings. The fourth-order valence-electron chi connectivity index (χ4n) is 2.54. The first kappa shape index (κ1) is 17.6. The summed E-state index contributed by atoms with van der Waals surface area (Å²) >= 11 is 0. The average Bonchev–Trinajstić information content (AvgIpc) is 2.50. The van der Waals surface area contributed by atoms with E-state index < -0.39 is 44.9 Å². The minimum Gasteiger partial charge on any atom is -0.504 e. The quantitative estimate of drug-likeness (QED) is 0.889. The molecule has 23 heavy (non-hydrogen) atoms. The number of nitrogens with zero attached hydrogens (tertiary/aromatic N) is 2. The van der Waals surface area contributed by atoms with E-state index in [4.69, 9.17) is 0 Å². The lowest BCUT2D eigenvalue weighted by molar-refractivity contribution is 0.0587. The van der Waals surface area contributed by atoms with Crippen molar-refractivity contribution in [1.82, 2.24) is 9.21 Å². The van der Waals surface area contributed by atoms with Gasteiger partial charge in [0.15, 0.2) is 11.6 Å². The van der Waals surface area contributed by atoms with Crippen LogP contribution in [0.25, 0.3) is 0 Å². The predicted molar refractivity (Wildman–Crippen MR) is 79.6 cm³/mol. The van der Waals surface area contributed by atoms with Gasteiger partial charge < -0.3 is 10.0 Å². The lowest BCUT2D eigenvalue weighted by Crippen LogP contribution is -2.55. The van der Waals surface area contributed by atoms with Crippen LogP contribution in [-0.2, 0) is 10.0 Å². The van der Waals surface area contributed by atoms with Crippen molar-refractivity contribution in [2.24, 2.45) is 0 Å². The molecule has 0 radical (unpaired) electrons. The molecule has 128 valence electrons. The second-order valence-corrected chi connectivity index (χ2v) is 7.65. The van der Waals surface area contributed by atoms with E-state index in [2.05, 4.69) is 0 Å². The molecule has 6 nitrogen and oxygen atoms in total. The summed E-state index contributed by atoms with van der Waals surface area (Å²) in [6.07, 6.45) is 0. The molecule has 0 aliphatic carbocycles. The van der Waals surface area contributed by atoms with Gasteiger partial charge in [0.25, 0.3) is 5.91 Å². The Morgan fingerprint density at radius 2 is 2.00 bits per heavy atom. The molecule has 0 aromatic heterocycles. The molecule has 0 saturated carbocycles. The Kier molecular flexibility index (Phi) is 4.90. The van der Waals surface area contributed by atoms with Crippen molar-refractivity contribution >= 4 is 15.9 Å². The minimum absolute atomic E-state index is 0.0381. The van der Waals surface area contributed by atoms with Crippen molar-refractivity contribution in [1.29, 1.82) is 0 Å². The van der Waals surface area contributed by atoms with Gasteiger partial charge in [-0.15, -0.1) is 0 Å². The number of rotatable bonds is 3. The summed E-state index contributed by atoms with van der Waals surface area (Å²) in [4.78, 5) is 13.7. The van der Waals surface area contributed by atoms with Crippen LogP contribution in [0.4, 0.5) is 8.78 Å². The van der Waals surface area contributed by atoms with E-state index in [1.54, 1.807) is 6.92 Å². The Morgan fingerprint density at radius 3 is 2.57 bits per heavy atom. The standard InChI is InChI=1S/C14H18F2N2O4S/c1-3-23(21,22)17-4-5-18(9(2)8-17)14(20)11-6-10(15)7-12(16)13(11)19/h6-7,9,19H,3-5,8H2,1-2H3/t9-/m1/s1. The highest BCUT2D eigenvalue weighted by atomic mass is 32.2. The third kappa shape index (κ3) is 3.45. The van der Waals surface area contributed by atoms with Crippen LogP contribution < -0.4 is 0 Å². The number of carbonyl (C=O) groups is 1. The molecule has 1 N–H and O–H groups in total. The zero-order chi connectivity index (χ0) is 17.4. The molecule has 9 heteroatoms. The molecule has 1 atom stereocenters. The average molecular weight is 348 g/mol. The number of hydrogen-bond donors (Lipinski definition) is 1. The van der Waals surface area contributed by atoms with Crippen molar-refractivity contribution in [3.8, 4) is 5.75 Å². The maximum Gasteiger partial charge on any atom is 0.258 e. The Hall–Kier alpha value is -1.74. The maximum atomic E-state index is 13.4. The largest absolute Gasteiger partial charge is 0.504 e. The Balaban J connectivity index is 2.23. The lowest BCUT2D eigenvalue weighted by Gasteiger charge is -2.39. The maximum absolute atomic E-state index is 13.4. The molecular weight excluding hydrogens is 330 g/mol. The highest BCUT2D eigenvalue weighted by molar-refractivity contribution is 7.89. The highest BCUT2D eigenvalue weighted by Gasteiger charge is 2.34. The molecule has 1 aliphatic heterocycles. The van der Waals surface area contributed by atoms with Gasteiger partial charge in [0.1, 0.15) is 5.82 Å². The summed E-state index contributed by atoms with van der Waals surface area (Å²) in [6, 6.07) is 0.771. The predicted octanol–water partition coefficient (Wildman–Crippen LogP) is 1.17. The molecule has 0 bridgehead atoms. The molecule has 0 spiro atoms. The second kappa shape index (κ2) is 6.40. The third-order valence-electron chi connectivity index (χ3n) is 3.87. The van der Waals surface area contributed by atoms with Gasteiger partial charge in [-0.25, -0.2) is 17.2 Å². The first-order valence-electron chi connectivity index (χ1n) is 7.14. The molecule has 1 saturated heterocycles. The number of carbonyl (C=O) groups excluding carboxylic acids is 1. The third-order valence-corrected chi connectivity index (χ3v) is 5.72. The molecule has 1 heterocycles. The van der Waals surface area contributed by atoms with Gasteiger partial charge in [0.2, 0.25) is 10.0 Å². The number of phenols is 1. The molecule has 1 amide bonds. The highest BCUT2D eigenvalue weighted by Crippen LogP contribution is 2.26. The van der Waals surface area contributed by atoms with Gasteiger partial charge in [0.05, 0.1) is 11.3 Å². The van der Waals surface area contributed by atoms with Crippen molar-refractivity contribution in [2.45, 2.75) is 19.9 Å². The normalized spacial score (nSPS) is 19.8. The molecular formula is C14H18F2N2O4S. The number of sulfonamides is 1. The first-order chi connectivity index (χ1) is 10.7. The molecule has 1 aromatic rings. The number of piperazine rings is 1. The zero-order valence-corrected chi connectivity index (χ0v) is 13.6. The van der Waals surface area contributed by atoms with Crippen molar-refractivity contribution in [2.75, 3.05) is 25.4 Å². The lowest BCUT2D eigenvalue weighted by atomic mass is 10.1. The Bertz CT molecular complexity index is 724. The van der Waals surface area contributed by atoms with E-state index in [0.717, 1.165) is 6.07 Å². The van der Waals surface area contributed by atoms with Gasteiger partial charge in [0, 0.05) is 31.7 Å². The monoisotopic (exact) mass is 348 g/mol. The van der Waals surface area contributed by atoms with E-state index >= 15 is 0 Å². The van der Waals surface area contributed by atoms with Crippen LogP contribution in [0, 0.1) is 11.6 Å². The van der Waals surface area contributed by atoms with Crippen molar-refractivity contribution < 1.29 is 27.1 Å². The van der Waals surface area contributed by atoms with Gasteiger partial charge in [-0.3, -0.25) is 4.79 Å². The van der Waals surface area contributed by atoms with Crippen LogP contribution in [0.3, 0.4) is 0 Å². The van der Waals surface area contributed by atoms with Crippen LogP contribution in [0.1, 0.15) is 24.2 Å². The summed E-state index contributed by atoms with van der Waals surface area (Å²) in [5.74, 6) is -3.87. The topological polar surface area (TPSA) is 77.9 Å². The van der Waals surface area contributed by atoms with Crippen molar-refractivity contribution in [3.05, 3.63) is 29.3 Å². The van der Waals surface area contributed by atoms with Crippen LogP contribution in [0.15, 0.2) is 12.1 Å². The fourth-order valence-corrected chi connectivity index (χ4v) is 3.71. The van der Waals surface area contributed by atoms with E-state index in [1.807, 2.05) is 0 Å². The molecule has 1 fully saturated rings. The van der Waals surface area contributed by atoms with Crippen LogP contribution >= 0.6 is 0 Å². The minimum atomic E-state index is -3.36. The summed E-state index contributed by atoms with van der Waals surface area (Å²) in [5, 5.41) is 9.63. The van der Waals surface area contributed by atoms with E-state index in [-0.39, 0.29) is 25.4 Å². The fraction of sp³-hybridized carbons (Fsp3) is 0.500. The molecule has 2 rings (SSSR count). The van der Waals surface area contributed by atoms with Crippen LogP contribution in [-0.4, -0.2) is 60.1 Å². The number of amides is 1. The molecule has 0 unspecified atom stereocenters. The van der Waals surface area contributed by atoms with Gasteiger partial charge in [-0.1, -0.05) is 0 Å². The molecule has 1 aromatic carbocycles. The van der Waals surface area contributed by atoms with E-state index in [0.29, 0.717) is 6.07 Å². The summed E-state index contributed by atoms with van der Waals surface area (Å²) in [6.45, 7) is 3.45. The van der Waals surface area contributed by atoms with Crippen LogP contribution in [0.5, 0.6) is 5.75 Å². The summed E-state index contributed by atoms with van der Waals surface area (Å²) in [7, 11) is -3.36. The van der Waals surface area contributed by atoms with Gasteiger partial charge in [-0.05, 0) is 19.9 Å². The zero-order valence-electron chi connectivity index (χ0n) is 12.8. The number of hydrogen-bond acceptors (Lipinski definition) is 4. The van der Waals surface area contributed by atoms with E-state index in [9.17, 15) is 27.1 Å². The van der Waals surface area contributed by atoms with Gasteiger partial charge >= 0.3 is 0 Å². The number of phenolic OH excluding ortho intramolecular Hbond substituents is 1. The van der Waals surface area contributed by atoms with Crippen LogP contribution in [0.2, 0.25) is 0 Å². The first-order valence-corrected chi connectivity index (χ1v) is 8.75. The Labute approximate surface area is 133 Å². The summed E-state index contributed by atoms with van der Waals surface area (Å²) in [5.41, 5.74) is -0.471. The second-order valence-electron chi connectivity index (χ2n) is 5.39. The number of benzene rings is 1. The SMILES string of the molecule is CCS(=O)(=O)N1CCN(C(=O)c2cc(F)cc(F)c2O)[C@H](C)C1.